The van der Waals surface area contributed by atoms with Gasteiger partial charge in [-0.25, -0.2) is 4.79 Å². The predicted octanol–water partition coefficient (Wildman–Crippen LogP) is 6.47. The molecule has 140 valence electrons. The third-order valence-electron chi connectivity index (χ3n) is 4.29. The van der Waals surface area contributed by atoms with Gasteiger partial charge in [-0.2, -0.15) is 0 Å². The van der Waals surface area contributed by atoms with Crippen molar-refractivity contribution in [2.75, 3.05) is 6.61 Å². The van der Waals surface area contributed by atoms with E-state index >= 15 is 0 Å². The number of ether oxygens (including phenoxy) is 1. The summed E-state index contributed by atoms with van der Waals surface area (Å²) in [6, 6.07) is 7.54. The van der Waals surface area contributed by atoms with Crippen LogP contribution < -0.4 is 4.74 Å². The quantitative estimate of drug-likeness (QED) is 0.292. The van der Waals surface area contributed by atoms with Crippen LogP contribution in [0.15, 0.2) is 30.3 Å². The molecule has 0 aromatic heterocycles. The first-order chi connectivity index (χ1) is 12.2. The lowest BCUT2D eigenvalue weighted by Crippen LogP contribution is -1.97. The van der Waals surface area contributed by atoms with Crippen LogP contribution in [0.25, 0.3) is 6.08 Å². The average Bonchev–Trinajstić information content (AvgIpc) is 2.61. The van der Waals surface area contributed by atoms with Crippen molar-refractivity contribution in [3.8, 4) is 5.75 Å². The molecule has 0 bridgehead atoms. The highest BCUT2D eigenvalue weighted by Crippen LogP contribution is 2.16. The van der Waals surface area contributed by atoms with E-state index in [-0.39, 0.29) is 0 Å². The Bertz CT molecular complexity index is 494. The van der Waals surface area contributed by atoms with E-state index in [1.54, 1.807) is 6.08 Å². The molecule has 0 heterocycles. The standard InChI is InChI=1S/C22H34O3/c1-2-3-4-5-6-7-8-9-10-11-12-18-25-21-15-13-14-20(19-21)16-17-22(23)24/h13-17,19H,2-12,18H2,1H3,(H,23,24). The van der Waals surface area contributed by atoms with Gasteiger partial charge in [-0.05, 0) is 30.2 Å². The zero-order chi connectivity index (χ0) is 18.2. The highest BCUT2D eigenvalue weighted by atomic mass is 16.5. The van der Waals surface area contributed by atoms with Gasteiger partial charge in [-0.3, -0.25) is 0 Å². The number of carboxylic acids is 1. The topological polar surface area (TPSA) is 46.5 Å². The third-order valence-corrected chi connectivity index (χ3v) is 4.29. The largest absolute Gasteiger partial charge is 0.494 e. The second kappa shape index (κ2) is 14.6. The van der Waals surface area contributed by atoms with Gasteiger partial charge in [0, 0.05) is 6.08 Å². The first kappa shape index (κ1) is 21.3. The predicted molar refractivity (Wildman–Crippen MR) is 105 cm³/mol. The molecule has 0 spiro atoms. The van der Waals surface area contributed by atoms with Crippen LogP contribution in [0.5, 0.6) is 5.75 Å². The summed E-state index contributed by atoms with van der Waals surface area (Å²) in [5.41, 5.74) is 0.846. The maximum atomic E-state index is 10.5. The minimum atomic E-state index is -0.938. The number of hydrogen-bond acceptors (Lipinski definition) is 2. The van der Waals surface area contributed by atoms with Gasteiger partial charge in [0.15, 0.2) is 0 Å². The van der Waals surface area contributed by atoms with Crippen LogP contribution >= 0.6 is 0 Å². The molecule has 0 saturated heterocycles. The molecule has 1 rings (SSSR count). The SMILES string of the molecule is CCCCCCCCCCCCCOc1cccc(C=CC(=O)O)c1. The minimum absolute atomic E-state index is 0.725. The first-order valence-electron chi connectivity index (χ1n) is 9.86. The molecule has 1 aromatic rings. The fraction of sp³-hybridized carbons (Fsp3) is 0.591. The zero-order valence-corrected chi connectivity index (χ0v) is 15.7. The van der Waals surface area contributed by atoms with Crippen molar-refractivity contribution in [2.24, 2.45) is 0 Å². The van der Waals surface area contributed by atoms with Crippen molar-refractivity contribution in [3.63, 3.8) is 0 Å². The fourth-order valence-corrected chi connectivity index (χ4v) is 2.83. The lowest BCUT2D eigenvalue weighted by molar-refractivity contribution is -0.131. The maximum Gasteiger partial charge on any atom is 0.328 e. The van der Waals surface area contributed by atoms with E-state index in [1.165, 1.54) is 64.2 Å². The van der Waals surface area contributed by atoms with E-state index < -0.39 is 5.97 Å². The van der Waals surface area contributed by atoms with Crippen LogP contribution in [0.3, 0.4) is 0 Å². The Labute approximate surface area is 153 Å². The molecular weight excluding hydrogens is 312 g/mol. The number of carbonyl (C=O) groups is 1. The fourth-order valence-electron chi connectivity index (χ4n) is 2.83. The van der Waals surface area contributed by atoms with E-state index in [0.717, 1.165) is 30.4 Å². The summed E-state index contributed by atoms with van der Waals surface area (Å²) in [7, 11) is 0. The van der Waals surface area contributed by atoms with E-state index in [2.05, 4.69) is 6.92 Å². The van der Waals surface area contributed by atoms with Gasteiger partial charge in [-0.1, -0.05) is 83.3 Å². The molecule has 0 saturated carbocycles. The number of hydrogen-bond donors (Lipinski definition) is 1. The Morgan fingerprint density at radius 2 is 1.56 bits per heavy atom. The smallest absolute Gasteiger partial charge is 0.328 e. The lowest BCUT2D eigenvalue weighted by atomic mass is 10.1. The van der Waals surface area contributed by atoms with Crippen LogP contribution in [0, 0.1) is 0 Å². The van der Waals surface area contributed by atoms with Crippen molar-refractivity contribution in [1.82, 2.24) is 0 Å². The van der Waals surface area contributed by atoms with E-state index in [1.807, 2.05) is 24.3 Å². The Morgan fingerprint density at radius 3 is 2.16 bits per heavy atom. The number of rotatable bonds is 15. The van der Waals surface area contributed by atoms with Gasteiger partial charge in [0.05, 0.1) is 6.61 Å². The molecule has 1 aromatic carbocycles. The Kier molecular flexibility index (Phi) is 12.4. The normalized spacial score (nSPS) is 11.1. The molecule has 1 N–H and O–H groups in total. The van der Waals surface area contributed by atoms with Crippen LogP contribution in [-0.4, -0.2) is 17.7 Å². The summed E-state index contributed by atoms with van der Waals surface area (Å²) in [6.07, 6.45) is 17.3. The second-order valence-electron chi connectivity index (χ2n) is 6.63. The van der Waals surface area contributed by atoms with E-state index in [0.29, 0.717) is 0 Å². The highest BCUT2D eigenvalue weighted by Gasteiger charge is 1.97. The molecule has 0 fully saturated rings. The van der Waals surface area contributed by atoms with Gasteiger partial charge >= 0.3 is 5.97 Å². The van der Waals surface area contributed by atoms with Gasteiger partial charge in [0.2, 0.25) is 0 Å². The number of aliphatic carboxylic acids is 1. The first-order valence-corrected chi connectivity index (χ1v) is 9.86. The van der Waals surface area contributed by atoms with Crippen LogP contribution in [0.2, 0.25) is 0 Å². The lowest BCUT2D eigenvalue weighted by Gasteiger charge is -2.07. The second-order valence-corrected chi connectivity index (χ2v) is 6.63. The van der Waals surface area contributed by atoms with Gasteiger partial charge < -0.3 is 9.84 Å². The molecule has 0 atom stereocenters. The van der Waals surface area contributed by atoms with Crippen molar-refractivity contribution < 1.29 is 14.6 Å². The van der Waals surface area contributed by atoms with Crippen LogP contribution in [-0.2, 0) is 4.79 Å². The summed E-state index contributed by atoms with van der Waals surface area (Å²) in [5.74, 6) is -0.133. The summed E-state index contributed by atoms with van der Waals surface area (Å²) < 4.78 is 5.75. The average molecular weight is 347 g/mol. The van der Waals surface area contributed by atoms with E-state index in [4.69, 9.17) is 9.84 Å². The Balaban J connectivity index is 2.01. The summed E-state index contributed by atoms with van der Waals surface area (Å²) in [5, 5.41) is 8.65. The van der Waals surface area contributed by atoms with E-state index in [9.17, 15) is 4.79 Å². The molecule has 0 radical (unpaired) electrons. The van der Waals surface area contributed by atoms with Crippen molar-refractivity contribution >= 4 is 12.0 Å². The summed E-state index contributed by atoms with van der Waals surface area (Å²) in [4.78, 5) is 10.5. The summed E-state index contributed by atoms with van der Waals surface area (Å²) in [6.45, 7) is 2.99. The molecule has 0 unspecified atom stereocenters. The zero-order valence-electron chi connectivity index (χ0n) is 15.7. The molecule has 0 amide bonds. The molecule has 25 heavy (non-hydrogen) atoms. The number of benzene rings is 1. The minimum Gasteiger partial charge on any atom is -0.494 e. The van der Waals surface area contributed by atoms with Gasteiger partial charge in [0.1, 0.15) is 5.75 Å². The molecule has 0 aliphatic carbocycles. The van der Waals surface area contributed by atoms with Gasteiger partial charge in [0.25, 0.3) is 0 Å². The monoisotopic (exact) mass is 346 g/mol. The molecular formula is C22H34O3. The van der Waals surface area contributed by atoms with Crippen molar-refractivity contribution in [1.29, 1.82) is 0 Å². The summed E-state index contributed by atoms with van der Waals surface area (Å²) >= 11 is 0. The maximum absolute atomic E-state index is 10.5. The molecule has 3 nitrogen and oxygen atoms in total. The van der Waals surface area contributed by atoms with Crippen molar-refractivity contribution in [3.05, 3.63) is 35.9 Å². The molecule has 0 aliphatic heterocycles. The van der Waals surface area contributed by atoms with Crippen LogP contribution in [0.4, 0.5) is 0 Å². The van der Waals surface area contributed by atoms with Gasteiger partial charge in [-0.15, -0.1) is 0 Å². The number of carboxylic acid groups (broad SMARTS) is 1. The highest BCUT2D eigenvalue weighted by molar-refractivity contribution is 5.85. The molecule has 3 heteroatoms. The van der Waals surface area contributed by atoms with Crippen LogP contribution in [0.1, 0.15) is 83.1 Å². The third kappa shape index (κ3) is 12.3. The molecule has 0 aliphatic rings. The number of unbranched alkanes of at least 4 members (excludes halogenated alkanes) is 10. The Morgan fingerprint density at radius 1 is 0.960 bits per heavy atom. The van der Waals surface area contributed by atoms with Crippen molar-refractivity contribution in [2.45, 2.75) is 77.6 Å². The Hall–Kier alpha value is -1.77.